The molecule has 1 heterocycles. The summed E-state index contributed by atoms with van der Waals surface area (Å²) in [5.41, 5.74) is 5.17. The molecule has 1 N–H and O–H groups in total. The summed E-state index contributed by atoms with van der Waals surface area (Å²) in [6.45, 7) is 6.91. The molecular formula is C36H46N2O5. The number of hydrogen-bond acceptors (Lipinski definition) is 5. The Hall–Kier alpha value is -3.61. The molecule has 7 nitrogen and oxygen atoms in total. The maximum atomic E-state index is 14.2. The minimum Gasteiger partial charge on any atom is -0.496 e. The molecule has 2 fully saturated rings. The Morgan fingerprint density at radius 2 is 1.72 bits per heavy atom. The third-order valence-electron chi connectivity index (χ3n) is 9.57. The lowest BCUT2D eigenvalue weighted by molar-refractivity contribution is -0.138. The number of carboxylic acid groups (broad SMARTS) is 1. The number of amides is 1. The molecule has 7 heteroatoms. The second kappa shape index (κ2) is 13.8. The van der Waals surface area contributed by atoms with Crippen LogP contribution in [0, 0.1) is 24.7 Å². The van der Waals surface area contributed by atoms with E-state index in [0.717, 1.165) is 74.1 Å². The van der Waals surface area contributed by atoms with E-state index in [2.05, 4.69) is 45.0 Å². The fraction of sp³-hybridized carbons (Fsp3) is 0.528. The van der Waals surface area contributed by atoms with Crippen LogP contribution in [0.2, 0.25) is 0 Å². The highest BCUT2D eigenvalue weighted by Crippen LogP contribution is 2.39. The lowest BCUT2D eigenvalue weighted by Crippen LogP contribution is -2.41. The topological polar surface area (TPSA) is 92.9 Å². The van der Waals surface area contributed by atoms with Crippen LogP contribution in [-0.2, 0) is 9.59 Å². The van der Waals surface area contributed by atoms with E-state index in [1.165, 1.54) is 11.1 Å². The Morgan fingerprint density at radius 3 is 2.35 bits per heavy atom. The molecule has 43 heavy (non-hydrogen) atoms. The van der Waals surface area contributed by atoms with Gasteiger partial charge in [-0.1, -0.05) is 38.1 Å². The van der Waals surface area contributed by atoms with Gasteiger partial charge < -0.3 is 19.2 Å². The lowest BCUT2D eigenvalue weighted by atomic mass is 9.77. The first kappa shape index (κ1) is 30.8. The second-order valence-electron chi connectivity index (χ2n) is 13.0. The van der Waals surface area contributed by atoms with E-state index in [-0.39, 0.29) is 30.1 Å². The number of aromatic nitrogens is 1. The number of aryl methyl sites for hydroxylation is 1. The summed E-state index contributed by atoms with van der Waals surface area (Å²) in [6, 6.07) is 14.7. The van der Waals surface area contributed by atoms with Crippen LogP contribution in [0.5, 0.6) is 5.75 Å². The van der Waals surface area contributed by atoms with Gasteiger partial charge in [-0.05, 0) is 105 Å². The van der Waals surface area contributed by atoms with E-state index in [9.17, 15) is 14.7 Å². The minimum absolute atomic E-state index is 0.0769. The summed E-state index contributed by atoms with van der Waals surface area (Å²) in [5.74, 6) is 2.29. The number of carbonyl (C=O) groups is 2. The van der Waals surface area contributed by atoms with Crippen molar-refractivity contribution in [3.8, 4) is 17.0 Å². The van der Waals surface area contributed by atoms with Gasteiger partial charge in [0.1, 0.15) is 17.7 Å². The summed E-state index contributed by atoms with van der Waals surface area (Å²) in [5, 5.41) is 9.25. The molecule has 230 valence electrons. The summed E-state index contributed by atoms with van der Waals surface area (Å²) in [6.07, 6.45) is 9.34. The van der Waals surface area contributed by atoms with Crippen LogP contribution >= 0.6 is 0 Å². The van der Waals surface area contributed by atoms with Gasteiger partial charge in [0.15, 0.2) is 5.89 Å². The van der Waals surface area contributed by atoms with Crippen molar-refractivity contribution in [3.05, 3.63) is 65.7 Å². The molecule has 0 unspecified atom stereocenters. The van der Waals surface area contributed by atoms with Gasteiger partial charge in [0, 0.05) is 36.1 Å². The summed E-state index contributed by atoms with van der Waals surface area (Å²) in [7, 11) is 1.71. The van der Waals surface area contributed by atoms with Gasteiger partial charge in [-0.15, -0.1) is 0 Å². The molecule has 0 saturated heterocycles. The number of nitrogens with zero attached hydrogens (tertiary/aromatic N) is 2. The van der Waals surface area contributed by atoms with Gasteiger partial charge in [-0.25, -0.2) is 4.98 Å². The van der Waals surface area contributed by atoms with Crippen molar-refractivity contribution in [1.82, 2.24) is 4.98 Å². The van der Waals surface area contributed by atoms with Crippen molar-refractivity contribution in [2.75, 3.05) is 18.6 Å². The Bertz CT molecular complexity index is 1400. The van der Waals surface area contributed by atoms with E-state index in [0.29, 0.717) is 24.3 Å². The number of ether oxygens (including phenoxy) is 1. The first-order valence-corrected chi connectivity index (χ1v) is 15.9. The zero-order valence-corrected chi connectivity index (χ0v) is 26.1. The maximum absolute atomic E-state index is 14.2. The van der Waals surface area contributed by atoms with E-state index >= 15 is 0 Å². The van der Waals surface area contributed by atoms with Gasteiger partial charge >= 0.3 is 5.97 Å². The molecule has 2 aromatic carbocycles. The predicted octanol–water partition coefficient (Wildman–Crippen LogP) is 8.37. The van der Waals surface area contributed by atoms with Crippen LogP contribution < -0.4 is 9.64 Å². The number of anilines is 1. The maximum Gasteiger partial charge on any atom is 0.303 e. The highest BCUT2D eigenvalue weighted by Gasteiger charge is 2.33. The average Bonchev–Trinajstić information content (AvgIpc) is 3.51. The van der Waals surface area contributed by atoms with Crippen LogP contribution in [0.3, 0.4) is 0 Å². The van der Waals surface area contributed by atoms with Gasteiger partial charge in [0.2, 0.25) is 5.91 Å². The number of rotatable bonds is 10. The van der Waals surface area contributed by atoms with Crippen LogP contribution in [0.25, 0.3) is 11.3 Å². The zero-order chi connectivity index (χ0) is 30.5. The number of carbonyl (C=O) groups excluding carboxylic acids is 1. The Kier molecular flexibility index (Phi) is 9.89. The molecule has 5 rings (SSSR count). The molecule has 3 aromatic rings. The largest absolute Gasteiger partial charge is 0.496 e. The smallest absolute Gasteiger partial charge is 0.303 e. The number of oxazole rings is 1. The second-order valence-corrected chi connectivity index (χ2v) is 13.0. The summed E-state index contributed by atoms with van der Waals surface area (Å²) in [4.78, 5) is 32.2. The molecule has 0 spiro atoms. The lowest BCUT2D eigenvalue weighted by Gasteiger charge is -2.36. The number of methoxy groups -OCH3 is 1. The third kappa shape index (κ3) is 7.49. The Labute approximate surface area is 255 Å². The Morgan fingerprint density at radius 1 is 1.00 bits per heavy atom. The molecule has 2 aliphatic rings. The molecule has 0 aliphatic heterocycles. The van der Waals surface area contributed by atoms with Crippen LogP contribution in [0.4, 0.5) is 5.69 Å². The van der Waals surface area contributed by atoms with Crippen molar-refractivity contribution in [3.63, 3.8) is 0 Å². The number of aliphatic carboxylic acids is 1. The Balaban J connectivity index is 1.33. The molecule has 1 aromatic heterocycles. The summed E-state index contributed by atoms with van der Waals surface area (Å²) >= 11 is 0. The normalized spacial score (nSPS) is 22.3. The fourth-order valence-corrected chi connectivity index (χ4v) is 7.01. The SMILES string of the molecule is COc1ccc([C@H]2CC[C@H](CN(c3cccc(-c4coc(C(C)C)n4)c3)C(=O)[C@H]3CC[C@H](CC(=O)O)CC3)CC2)cc1C. The highest BCUT2D eigenvalue weighted by molar-refractivity contribution is 5.95. The third-order valence-corrected chi connectivity index (χ3v) is 9.57. The van der Waals surface area contributed by atoms with Crippen LogP contribution in [0.15, 0.2) is 53.1 Å². The van der Waals surface area contributed by atoms with Crippen LogP contribution in [0.1, 0.15) is 100 Å². The quantitative estimate of drug-likeness (QED) is 0.257. The van der Waals surface area contributed by atoms with Gasteiger partial charge in [-0.2, -0.15) is 0 Å². The predicted molar refractivity (Wildman–Crippen MR) is 169 cm³/mol. The van der Waals surface area contributed by atoms with Crippen molar-refractivity contribution < 1.29 is 23.8 Å². The number of benzene rings is 2. The molecule has 2 saturated carbocycles. The average molecular weight is 587 g/mol. The first-order chi connectivity index (χ1) is 20.7. The molecule has 1 amide bonds. The number of hydrogen-bond donors (Lipinski definition) is 1. The van der Waals surface area contributed by atoms with Crippen LogP contribution in [-0.4, -0.2) is 35.6 Å². The summed E-state index contributed by atoms with van der Waals surface area (Å²) < 4.78 is 11.2. The van der Waals surface area contributed by atoms with E-state index < -0.39 is 5.97 Å². The van der Waals surface area contributed by atoms with Gasteiger partial charge in [0.25, 0.3) is 0 Å². The molecule has 2 aliphatic carbocycles. The van der Waals surface area contributed by atoms with Crippen molar-refractivity contribution in [2.45, 2.75) is 90.4 Å². The minimum atomic E-state index is -0.748. The van der Waals surface area contributed by atoms with Gasteiger partial charge in [0.05, 0.1) is 7.11 Å². The molecule has 0 atom stereocenters. The van der Waals surface area contributed by atoms with E-state index in [1.807, 2.05) is 23.1 Å². The van der Waals surface area contributed by atoms with Gasteiger partial charge in [-0.3, -0.25) is 9.59 Å². The highest BCUT2D eigenvalue weighted by atomic mass is 16.5. The fourth-order valence-electron chi connectivity index (χ4n) is 7.01. The monoisotopic (exact) mass is 586 g/mol. The van der Waals surface area contributed by atoms with E-state index in [4.69, 9.17) is 14.1 Å². The standard InChI is InChI=1S/C36H46N2O5/c1-23(2)35-37-32(22-43-35)30-6-5-7-31(20-30)38(36(41)28-14-8-25(9-15-28)19-34(39)40)21-26-10-12-27(13-11-26)29-16-17-33(42-4)24(3)18-29/h5-7,16-18,20,22-23,25-28H,8-15,19,21H2,1-4H3,(H,39,40)/t25-,26-,27-,28-. The zero-order valence-electron chi connectivity index (χ0n) is 26.1. The van der Waals surface area contributed by atoms with Crippen molar-refractivity contribution >= 4 is 17.6 Å². The van der Waals surface area contributed by atoms with Crippen molar-refractivity contribution in [1.29, 1.82) is 0 Å². The van der Waals surface area contributed by atoms with E-state index in [1.54, 1.807) is 13.4 Å². The number of carboxylic acids is 1. The molecule has 0 bridgehead atoms. The first-order valence-electron chi connectivity index (χ1n) is 15.9. The molecule has 0 radical (unpaired) electrons. The molecular weight excluding hydrogens is 540 g/mol. The van der Waals surface area contributed by atoms with Crippen molar-refractivity contribution in [2.24, 2.45) is 17.8 Å².